The molecule has 1 aliphatic rings. The summed E-state index contributed by atoms with van der Waals surface area (Å²) in [6.07, 6.45) is 4.87. The summed E-state index contributed by atoms with van der Waals surface area (Å²) in [6.45, 7) is 6.97. The average molecular weight is 153 g/mol. The van der Waals surface area contributed by atoms with E-state index in [-0.39, 0.29) is 0 Å². The van der Waals surface area contributed by atoms with Crippen molar-refractivity contribution in [1.82, 2.24) is 5.32 Å². The van der Waals surface area contributed by atoms with Gasteiger partial charge in [-0.2, -0.15) is 0 Å². The maximum Gasteiger partial charge on any atom is 0.00716 e. The molecule has 0 saturated carbocycles. The number of rotatable bonds is 1. The summed E-state index contributed by atoms with van der Waals surface area (Å²) in [7, 11) is 2.01. The summed E-state index contributed by atoms with van der Waals surface area (Å²) in [5, 5.41) is 3.25. The number of hydrogen-bond acceptors (Lipinski definition) is 1. The Morgan fingerprint density at radius 3 is 2.64 bits per heavy atom. The second-order valence-corrected chi connectivity index (χ2v) is 4.46. The van der Waals surface area contributed by atoms with Gasteiger partial charge in [-0.25, -0.2) is 0 Å². The van der Waals surface area contributed by atoms with Gasteiger partial charge >= 0.3 is 0 Å². The normalized spacial score (nSPS) is 29.5. The van der Waals surface area contributed by atoms with Gasteiger partial charge in [-0.3, -0.25) is 0 Å². The minimum atomic E-state index is 0.493. The molecule has 0 aromatic carbocycles. The highest BCUT2D eigenvalue weighted by atomic mass is 14.8. The van der Waals surface area contributed by atoms with E-state index in [2.05, 4.69) is 32.2 Å². The van der Waals surface area contributed by atoms with Gasteiger partial charge in [-0.1, -0.05) is 26.8 Å². The molecule has 1 N–H and O–H groups in total. The third kappa shape index (κ3) is 2.25. The first-order chi connectivity index (χ1) is 5.03. The molecule has 0 radical (unpaired) electrons. The molecule has 11 heavy (non-hydrogen) atoms. The second kappa shape index (κ2) is 2.88. The fraction of sp³-hybridized carbons (Fsp3) is 0.800. The summed E-state index contributed by atoms with van der Waals surface area (Å²) in [5.41, 5.74) is 1.90. The van der Waals surface area contributed by atoms with Crippen LogP contribution in [0.2, 0.25) is 0 Å². The van der Waals surface area contributed by atoms with Gasteiger partial charge in [0.1, 0.15) is 0 Å². The van der Waals surface area contributed by atoms with Crippen molar-refractivity contribution >= 4 is 0 Å². The van der Waals surface area contributed by atoms with E-state index >= 15 is 0 Å². The monoisotopic (exact) mass is 153 g/mol. The van der Waals surface area contributed by atoms with E-state index < -0.39 is 0 Å². The van der Waals surface area contributed by atoms with Crippen molar-refractivity contribution in [2.24, 2.45) is 11.3 Å². The zero-order valence-corrected chi connectivity index (χ0v) is 8.07. The van der Waals surface area contributed by atoms with Gasteiger partial charge in [0, 0.05) is 12.7 Å². The van der Waals surface area contributed by atoms with Crippen molar-refractivity contribution in [1.29, 1.82) is 0 Å². The fourth-order valence-corrected chi connectivity index (χ4v) is 2.09. The van der Waals surface area contributed by atoms with E-state index in [1.54, 1.807) is 0 Å². The fourth-order valence-electron chi connectivity index (χ4n) is 2.09. The van der Waals surface area contributed by atoms with Crippen molar-refractivity contribution in [3.63, 3.8) is 0 Å². The van der Waals surface area contributed by atoms with Crippen LogP contribution in [-0.2, 0) is 0 Å². The highest BCUT2D eigenvalue weighted by Crippen LogP contribution is 2.36. The lowest BCUT2D eigenvalue weighted by Gasteiger charge is -2.33. The summed E-state index contributed by atoms with van der Waals surface area (Å²) in [4.78, 5) is 0. The number of hydrogen-bond donors (Lipinski definition) is 1. The second-order valence-electron chi connectivity index (χ2n) is 4.46. The van der Waals surface area contributed by atoms with Crippen LogP contribution in [0.25, 0.3) is 0 Å². The van der Waals surface area contributed by atoms with Gasteiger partial charge in [-0.05, 0) is 24.2 Å². The Labute approximate surface area is 69.9 Å². The molecular formula is C10H19N. The van der Waals surface area contributed by atoms with E-state index in [4.69, 9.17) is 0 Å². The third-order valence-electron chi connectivity index (χ3n) is 2.35. The Balaban J connectivity index is 2.70. The predicted molar refractivity (Wildman–Crippen MR) is 49.3 cm³/mol. The largest absolute Gasteiger partial charge is 0.392 e. The smallest absolute Gasteiger partial charge is 0.00716 e. The molecule has 1 heteroatoms. The van der Waals surface area contributed by atoms with Crippen molar-refractivity contribution in [2.45, 2.75) is 33.6 Å². The molecule has 0 saturated heterocycles. The van der Waals surface area contributed by atoms with Gasteiger partial charge in [0.15, 0.2) is 0 Å². The molecule has 1 aliphatic carbocycles. The lowest BCUT2D eigenvalue weighted by molar-refractivity contribution is 0.274. The molecule has 1 rings (SSSR count). The minimum absolute atomic E-state index is 0.493. The molecule has 1 nitrogen and oxygen atoms in total. The molecule has 0 aromatic heterocycles. The minimum Gasteiger partial charge on any atom is -0.392 e. The molecule has 0 heterocycles. The maximum atomic E-state index is 3.25. The predicted octanol–water partition coefficient (Wildman–Crippen LogP) is 2.55. The molecule has 1 atom stereocenters. The van der Waals surface area contributed by atoms with Crippen LogP contribution >= 0.6 is 0 Å². The van der Waals surface area contributed by atoms with Gasteiger partial charge in [0.05, 0.1) is 0 Å². The van der Waals surface area contributed by atoms with E-state index in [0.29, 0.717) is 5.41 Å². The van der Waals surface area contributed by atoms with Crippen molar-refractivity contribution in [2.75, 3.05) is 7.05 Å². The average Bonchev–Trinajstić information content (AvgIpc) is 1.83. The van der Waals surface area contributed by atoms with Crippen molar-refractivity contribution < 1.29 is 0 Å². The summed E-state index contributed by atoms with van der Waals surface area (Å²) in [5.74, 6) is 0.737. The molecule has 0 fully saturated rings. The summed E-state index contributed by atoms with van der Waals surface area (Å²) in [6, 6.07) is 0. The zero-order chi connectivity index (χ0) is 8.48. The molecule has 64 valence electrons. The highest BCUT2D eigenvalue weighted by Gasteiger charge is 2.25. The van der Waals surface area contributed by atoms with Crippen LogP contribution in [0.1, 0.15) is 33.6 Å². The van der Waals surface area contributed by atoms with Crippen LogP contribution in [0.3, 0.4) is 0 Å². The molecule has 0 bridgehead atoms. The molecule has 0 aliphatic heterocycles. The summed E-state index contributed by atoms with van der Waals surface area (Å²) < 4.78 is 0. The Morgan fingerprint density at radius 2 is 2.18 bits per heavy atom. The SMILES string of the molecule is CNC1=CC(C)CC(C)(C)C1. The van der Waals surface area contributed by atoms with Gasteiger partial charge in [0.25, 0.3) is 0 Å². The Kier molecular flexibility index (Phi) is 2.26. The van der Waals surface area contributed by atoms with Gasteiger partial charge in [0.2, 0.25) is 0 Å². The molecule has 0 aromatic rings. The summed E-state index contributed by atoms with van der Waals surface area (Å²) >= 11 is 0. The van der Waals surface area contributed by atoms with E-state index in [9.17, 15) is 0 Å². The standard InChI is InChI=1S/C10H19N/c1-8-5-9(11-4)7-10(2,3)6-8/h5,8,11H,6-7H2,1-4H3. The molecule has 0 spiro atoms. The van der Waals surface area contributed by atoms with Crippen LogP contribution in [0.4, 0.5) is 0 Å². The van der Waals surface area contributed by atoms with Crippen LogP contribution < -0.4 is 5.32 Å². The third-order valence-corrected chi connectivity index (χ3v) is 2.35. The first-order valence-corrected chi connectivity index (χ1v) is 4.42. The quantitative estimate of drug-likeness (QED) is 0.610. The molecule has 1 unspecified atom stereocenters. The van der Waals surface area contributed by atoms with Crippen molar-refractivity contribution in [3.8, 4) is 0 Å². The van der Waals surface area contributed by atoms with Crippen LogP contribution in [0.15, 0.2) is 11.8 Å². The first kappa shape index (κ1) is 8.63. The molecule has 0 amide bonds. The van der Waals surface area contributed by atoms with E-state index in [1.165, 1.54) is 18.5 Å². The Morgan fingerprint density at radius 1 is 1.55 bits per heavy atom. The Hall–Kier alpha value is -0.460. The Bertz CT molecular complexity index is 168. The molecular weight excluding hydrogens is 134 g/mol. The first-order valence-electron chi connectivity index (χ1n) is 4.42. The van der Waals surface area contributed by atoms with Crippen LogP contribution in [0.5, 0.6) is 0 Å². The maximum absolute atomic E-state index is 3.25. The lowest BCUT2D eigenvalue weighted by Crippen LogP contribution is -2.25. The van der Waals surface area contributed by atoms with Crippen LogP contribution in [-0.4, -0.2) is 7.05 Å². The number of nitrogens with one attached hydrogen (secondary N) is 1. The van der Waals surface area contributed by atoms with Crippen molar-refractivity contribution in [3.05, 3.63) is 11.8 Å². The van der Waals surface area contributed by atoms with Gasteiger partial charge < -0.3 is 5.32 Å². The highest BCUT2D eigenvalue weighted by molar-refractivity contribution is 5.08. The topological polar surface area (TPSA) is 12.0 Å². The lowest BCUT2D eigenvalue weighted by atomic mass is 9.75. The van der Waals surface area contributed by atoms with Gasteiger partial charge in [-0.15, -0.1) is 0 Å². The number of allylic oxidation sites excluding steroid dienone is 2. The van der Waals surface area contributed by atoms with E-state index in [0.717, 1.165) is 5.92 Å². The van der Waals surface area contributed by atoms with E-state index in [1.807, 2.05) is 7.05 Å². The zero-order valence-electron chi connectivity index (χ0n) is 8.07. The van der Waals surface area contributed by atoms with Crippen LogP contribution in [0, 0.1) is 11.3 Å².